The molecular weight excluding hydrogens is 312 g/mol. The predicted octanol–water partition coefficient (Wildman–Crippen LogP) is 3.74. The number of rotatable bonds is 3. The second kappa shape index (κ2) is 5.89. The molecule has 0 fully saturated rings. The molecule has 0 aromatic heterocycles. The van der Waals surface area contributed by atoms with E-state index in [4.69, 9.17) is 11.6 Å². The number of hydrogen-bond acceptors (Lipinski definition) is 3. The van der Waals surface area contributed by atoms with Crippen LogP contribution in [-0.2, 0) is 9.59 Å². The average Bonchev–Trinajstić information content (AvgIpc) is 2.74. The maximum absolute atomic E-state index is 12.6. The monoisotopic (exact) mass is 326 g/mol. The Morgan fingerprint density at radius 3 is 1.91 bits per heavy atom. The average molecular weight is 327 g/mol. The molecule has 1 heterocycles. The Morgan fingerprint density at radius 2 is 1.35 bits per heavy atom. The molecule has 0 radical (unpaired) electrons. The largest absolute Gasteiger partial charge is 0.350 e. The molecule has 4 nitrogen and oxygen atoms in total. The fourth-order valence-corrected chi connectivity index (χ4v) is 2.53. The molecule has 0 saturated heterocycles. The molecular formula is C18H15ClN2O2. The third-order valence-electron chi connectivity index (χ3n) is 3.64. The van der Waals surface area contributed by atoms with Crippen molar-refractivity contribution in [3.8, 4) is 0 Å². The van der Waals surface area contributed by atoms with Crippen molar-refractivity contribution in [1.82, 2.24) is 0 Å². The summed E-state index contributed by atoms with van der Waals surface area (Å²) in [4.78, 5) is 26.0. The molecule has 0 saturated carbocycles. The summed E-state index contributed by atoms with van der Waals surface area (Å²) in [5, 5.41) is 2.84. The zero-order valence-electron chi connectivity index (χ0n) is 12.8. The quantitative estimate of drug-likeness (QED) is 0.874. The van der Waals surface area contributed by atoms with Crippen molar-refractivity contribution < 1.29 is 9.59 Å². The van der Waals surface area contributed by atoms with Crippen molar-refractivity contribution in [3.63, 3.8) is 0 Å². The minimum atomic E-state index is -0.518. The van der Waals surface area contributed by atoms with Gasteiger partial charge in [-0.25, -0.2) is 4.90 Å². The molecule has 23 heavy (non-hydrogen) atoms. The molecule has 116 valence electrons. The Kier molecular flexibility index (Phi) is 3.92. The van der Waals surface area contributed by atoms with E-state index in [1.54, 1.807) is 12.1 Å². The first-order chi connectivity index (χ1) is 11.0. The minimum Gasteiger partial charge on any atom is -0.350 e. The van der Waals surface area contributed by atoms with E-state index >= 15 is 0 Å². The molecule has 2 aromatic carbocycles. The number of carbonyl (C=O) groups is 2. The maximum atomic E-state index is 12.6. The smallest absolute Gasteiger partial charge is 0.283 e. The van der Waals surface area contributed by atoms with Crippen molar-refractivity contribution >= 4 is 34.8 Å². The second-order valence-electron chi connectivity index (χ2n) is 5.46. The molecule has 0 atom stereocenters. The van der Waals surface area contributed by atoms with Crippen LogP contribution in [0.3, 0.4) is 0 Å². The highest BCUT2D eigenvalue weighted by Crippen LogP contribution is 2.30. The Bertz CT molecular complexity index is 808. The lowest BCUT2D eigenvalue weighted by Crippen LogP contribution is -2.32. The molecule has 0 bridgehead atoms. The summed E-state index contributed by atoms with van der Waals surface area (Å²) in [6, 6.07) is 14.6. The number of nitrogens with zero attached hydrogens (tertiary/aromatic N) is 1. The van der Waals surface area contributed by atoms with Crippen molar-refractivity contribution in [2.45, 2.75) is 13.8 Å². The molecule has 1 aliphatic heterocycles. The van der Waals surface area contributed by atoms with Gasteiger partial charge in [0.1, 0.15) is 10.7 Å². The van der Waals surface area contributed by atoms with Crippen LogP contribution in [-0.4, -0.2) is 11.8 Å². The first kappa shape index (κ1) is 15.3. The number of aryl methyl sites for hydroxylation is 2. The van der Waals surface area contributed by atoms with Gasteiger partial charge in [-0.1, -0.05) is 47.0 Å². The lowest BCUT2D eigenvalue weighted by atomic mass is 10.2. The van der Waals surface area contributed by atoms with E-state index in [0.29, 0.717) is 11.4 Å². The molecule has 2 aromatic rings. The van der Waals surface area contributed by atoms with Crippen molar-refractivity contribution in [1.29, 1.82) is 0 Å². The number of amides is 2. The van der Waals surface area contributed by atoms with Crippen LogP contribution in [0.25, 0.3) is 0 Å². The van der Waals surface area contributed by atoms with Crippen LogP contribution in [0, 0.1) is 13.8 Å². The summed E-state index contributed by atoms with van der Waals surface area (Å²) in [6.07, 6.45) is 0. The van der Waals surface area contributed by atoms with E-state index < -0.39 is 11.8 Å². The summed E-state index contributed by atoms with van der Waals surface area (Å²) in [5.74, 6) is -0.973. The van der Waals surface area contributed by atoms with Gasteiger partial charge in [-0.05, 0) is 38.1 Å². The Hall–Kier alpha value is -2.59. The van der Waals surface area contributed by atoms with Crippen LogP contribution in [0.15, 0.2) is 59.3 Å². The van der Waals surface area contributed by atoms with E-state index in [0.717, 1.165) is 16.0 Å². The van der Waals surface area contributed by atoms with Gasteiger partial charge in [0.25, 0.3) is 11.8 Å². The summed E-state index contributed by atoms with van der Waals surface area (Å²) in [7, 11) is 0. The van der Waals surface area contributed by atoms with Crippen LogP contribution >= 0.6 is 11.6 Å². The normalized spacial score (nSPS) is 14.7. The summed E-state index contributed by atoms with van der Waals surface area (Å²) in [6.45, 7) is 3.91. The van der Waals surface area contributed by atoms with E-state index in [-0.39, 0.29) is 10.7 Å². The van der Waals surface area contributed by atoms with Crippen molar-refractivity contribution in [2.24, 2.45) is 0 Å². The fourth-order valence-electron chi connectivity index (χ4n) is 2.32. The van der Waals surface area contributed by atoms with Crippen LogP contribution in [0.4, 0.5) is 11.4 Å². The summed E-state index contributed by atoms with van der Waals surface area (Å²) >= 11 is 6.09. The number of anilines is 2. The molecule has 1 N–H and O–H groups in total. The first-order valence-corrected chi connectivity index (χ1v) is 7.54. The van der Waals surface area contributed by atoms with E-state index in [2.05, 4.69) is 5.32 Å². The highest BCUT2D eigenvalue weighted by atomic mass is 35.5. The van der Waals surface area contributed by atoms with Gasteiger partial charge in [-0.2, -0.15) is 0 Å². The summed E-state index contributed by atoms with van der Waals surface area (Å²) in [5.41, 5.74) is 3.46. The molecule has 0 aliphatic carbocycles. The Balaban J connectivity index is 1.90. The van der Waals surface area contributed by atoms with Gasteiger partial charge >= 0.3 is 0 Å². The molecule has 1 aliphatic rings. The second-order valence-corrected chi connectivity index (χ2v) is 5.84. The number of carbonyl (C=O) groups excluding carboxylic acids is 2. The van der Waals surface area contributed by atoms with Gasteiger partial charge in [-0.3, -0.25) is 9.59 Å². The topological polar surface area (TPSA) is 49.4 Å². The molecule has 0 unspecified atom stereocenters. The minimum absolute atomic E-state index is 0.0982. The number of hydrogen-bond donors (Lipinski definition) is 1. The first-order valence-electron chi connectivity index (χ1n) is 7.16. The van der Waals surface area contributed by atoms with Crippen LogP contribution in [0.2, 0.25) is 0 Å². The van der Waals surface area contributed by atoms with Gasteiger partial charge in [0.05, 0.1) is 5.69 Å². The van der Waals surface area contributed by atoms with E-state index in [1.807, 2.05) is 50.2 Å². The highest BCUT2D eigenvalue weighted by molar-refractivity contribution is 6.53. The Labute approximate surface area is 139 Å². The zero-order valence-corrected chi connectivity index (χ0v) is 13.5. The Morgan fingerprint density at radius 1 is 0.826 bits per heavy atom. The highest BCUT2D eigenvalue weighted by Gasteiger charge is 2.38. The van der Waals surface area contributed by atoms with Crippen LogP contribution in [0.1, 0.15) is 11.1 Å². The molecule has 0 spiro atoms. The molecule has 3 rings (SSSR count). The van der Waals surface area contributed by atoms with Gasteiger partial charge in [0.2, 0.25) is 0 Å². The van der Waals surface area contributed by atoms with Gasteiger partial charge < -0.3 is 5.32 Å². The number of benzene rings is 2. The lowest BCUT2D eigenvalue weighted by molar-refractivity contribution is -0.120. The van der Waals surface area contributed by atoms with Crippen molar-refractivity contribution in [3.05, 3.63) is 70.4 Å². The number of imide groups is 1. The predicted molar refractivity (Wildman–Crippen MR) is 91.4 cm³/mol. The lowest BCUT2D eigenvalue weighted by Gasteiger charge is -2.15. The number of halogens is 1. The fraction of sp³-hybridized carbons (Fsp3) is 0.111. The van der Waals surface area contributed by atoms with Crippen molar-refractivity contribution in [2.75, 3.05) is 10.2 Å². The maximum Gasteiger partial charge on any atom is 0.283 e. The van der Waals surface area contributed by atoms with Gasteiger partial charge in [-0.15, -0.1) is 0 Å². The van der Waals surface area contributed by atoms with E-state index in [9.17, 15) is 9.59 Å². The zero-order chi connectivity index (χ0) is 16.6. The van der Waals surface area contributed by atoms with E-state index in [1.165, 1.54) is 0 Å². The standard InChI is InChI=1S/C18H15ClN2O2/c1-11-3-7-13(8-4-11)20-16-15(19)17(22)21(18(16)23)14-9-5-12(2)6-10-14/h3-10,20H,1-2H3. The summed E-state index contributed by atoms with van der Waals surface area (Å²) < 4.78 is 0. The van der Waals surface area contributed by atoms with Crippen LogP contribution < -0.4 is 10.2 Å². The molecule has 5 heteroatoms. The van der Waals surface area contributed by atoms with Gasteiger partial charge in [0, 0.05) is 5.69 Å². The SMILES string of the molecule is Cc1ccc(NC2=C(Cl)C(=O)N(c3ccc(C)cc3)C2=O)cc1. The third kappa shape index (κ3) is 2.85. The third-order valence-corrected chi connectivity index (χ3v) is 3.99. The number of nitrogens with one attached hydrogen (secondary N) is 1. The van der Waals surface area contributed by atoms with Gasteiger partial charge in [0.15, 0.2) is 0 Å². The van der Waals surface area contributed by atoms with Crippen LogP contribution in [0.5, 0.6) is 0 Å². The molecule has 2 amide bonds.